The van der Waals surface area contributed by atoms with E-state index < -0.39 is 20.6 Å². The molecule has 0 spiro atoms. The lowest BCUT2D eigenvalue weighted by Gasteiger charge is -2.55. The molecule has 1 heterocycles. The van der Waals surface area contributed by atoms with E-state index in [-0.39, 0.29) is 11.8 Å². The quantitative estimate of drug-likeness (QED) is 0.630. The van der Waals surface area contributed by atoms with E-state index in [9.17, 15) is 9.59 Å². The molecule has 2 amide bonds. The zero-order valence-electron chi connectivity index (χ0n) is 15.5. The highest BCUT2D eigenvalue weighted by atomic mass is 33.1. The molecule has 0 radical (unpaired) electrons. The highest BCUT2D eigenvalue weighted by Crippen LogP contribution is 2.48. The molecule has 0 aliphatic carbocycles. The molecular formula is C16H30N2O2S2. The Morgan fingerprint density at radius 1 is 0.636 bits per heavy atom. The number of hydrogen-bond acceptors (Lipinski definition) is 4. The Morgan fingerprint density at radius 3 is 1.09 bits per heavy atom. The van der Waals surface area contributed by atoms with Gasteiger partial charge >= 0.3 is 0 Å². The van der Waals surface area contributed by atoms with Crippen molar-refractivity contribution < 1.29 is 9.59 Å². The zero-order chi connectivity index (χ0) is 17.7. The predicted octanol–water partition coefficient (Wildman–Crippen LogP) is 3.41. The second-order valence-electron chi connectivity index (χ2n) is 8.03. The molecule has 1 fully saturated rings. The first kappa shape index (κ1) is 19.7. The summed E-state index contributed by atoms with van der Waals surface area (Å²) in [5.74, 6) is 0.170. The highest BCUT2D eigenvalue weighted by Gasteiger charge is 2.52. The molecule has 22 heavy (non-hydrogen) atoms. The van der Waals surface area contributed by atoms with E-state index in [1.807, 2.05) is 69.5 Å². The normalized spacial score (nSPS) is 27.7. The first-order valence-corrected chi connectivity index (χ1v) is 9.67. The molecule has 6 heteroatoms. The summed E-state index contributed by atoms with van der Waals surface area (Å²) < 4.78 is -1.17. The maximum absolute atomic E-state index is 13.0. The molecule has 0 unspecified atom stereocenters. The first-order chi connectivity index (χ1) is 9.59. The van der Waals surface area contributed by atoms with Gasteiger partial charge in [0.2, 0.25) is 11.8 Å². The average Bonchev–Trinajstić information content (AvgIpc) is 2.40. The van der Waals surface area contributed by atoms with Crippen molar-refractivity contribution in [2.75, 3.05) is 14.1 Å². The van der Waals surface area contributed by atoms with Crippen LogP contribution in [0.5, 0.6) is 0 Å². The van der Waals surface area contributed by atoms with Gasteiger partial charge in [0.1, 0.15) is 0 Å². The minimum Gasteiger partial charge on any atom is -0.337 e. The van der Waals surface area contributed by atoms with Gasteiger partial charge < -0.3 is 9.80 Å². The third kappa shape index (κ3) is 3.01. The fraction of sp³-hybridized carbons (Fsp3) is 0.875. The zero-order valence-corrected chi connectivity index (χ0v) is 17.2. The molecule has 1 rings (SSSR count). The summed E-state index contributed by atoms with van der Waals surface area (Å²) >= 11 is 0. The third-order valence-electron chi connectivity index (χ3n) is 5.27. The number of carbonyl (C=O) groups is 2. The number of amides is 2. The van der Waals surface area contributed by atoms with Gasteiger partial charge in [0.05, 0.1) is 20.6 Å². The molecule has 1 aliphatic rings. The van der Waals surface area contributed by atoms with E-state index in [4.69, 9.17) is 0 Å². The van der Waals surface area contributed by atoms with Crippen LogP contribution in [0.15, 0.2) is 0 Å². The molecule has 1 saturated heterocycles. The fourth-order valence-electron chi connectivity index (χ4n) is 2.42. The Hall–Kier alpha value is -0.360. The smallest absolute Gasteiger partial charge is 0.239 e. The molecule has 0 aromatic carbocycles. The van der Waals surface area contributed by atoms with Gasteiger partial charge in [-0.3, -0.25) is 9.59 Å². The number of likely N-dealkylation sites (N-methyl/N-ethyl adjacent to an activating group) is 2. The van der Waals surface area contributed by atoms with E-state index in [1.54, 1.807) is 9.80 Å². The Labute approximate surface area is 143 Å². The van der Waals surface area contributed by atoms with Gasteiger partial charge in [0, 0.05) is 14.1 Å². The van der Waals surface area contributed by atoms with Gasteiger partial charge in [-0.15, -0.1) is 0 Å². The standard InChI is InChI=1S/C16H30N2O2S2/c1-13(2)11(19)17(9)15(5,6)16(7,8)18(10)12(20)14(3,4)22-21-13/h1-10H3. The van der Waals surface area contributed by atoms with Gasteiger partial charge in [0.25, 0.3) is 0 Å². The van der Waals surface area contributed by atoms with Crippen LogP contribution in [0.25, 0.3) is 0 Å². The Morgan fingerprint density at radius 2 is 0.864 bits per heavy atom. The molecule has 0 bridgehead atoms. The van der Waals surface area contributed by atoms with Crippen molar-refractivity contribution in [1.82, 2.24) is 9.80 Å². The summed E-state index contributed by atoms with van der Waals surface area (Å²) in [7, 11) is 6.63. The summed E-state index contributed by atoms with van der Waals surface area (Å²) in [6, 6.07) is 0. The monoisotopic (exact) mass is 346 g/mol. The van der Waals surface area contributed by atoms with Crippen LogP contribution in [-0.2, 0) is 9.59 Å². The molecule has 0 saturated carbocycles. The average molecular weight is 347 g/mol. The lowest BCUT2D eigenvalue weighted by molar-refractivity contribution is -0.150. The summed E-state index contributed by atoms with van der Waals surface area (Å²) in [4.78, 5) is 29.5. The van der Waals surface area contributed by atoms with Crippen molar-refractivity contribution >= 4 is 33.4 Å². The van der Waals surface area contributed by atoms with Gasteiger partial charge in [-0.05, 0) is 55.4 Å². The summed E-state index contributed by atoms with van der Waals surface area (Å²) in [6.07, 6.45) is 0. The summed E-state index contributed by atoms with van der Waals surface area (Å²) in [5.41, 5.74) is -0.991. The third-order valence-corrected chi connectivity index (χ3v) is 9.29. The van der Waals surface area contributed by atoms with Gasteiger partial charge in [-0.1, -0.05) is 21.6 Å². The van der Waals surface area contributed by atoms with Gasteiger partial charge in [-0.25, -0.2) is 0 Å². The molecule has 0 aromatic heterocycles. The number of carbonyl (C=O) groups excluding carboxylic acids is 2. The molecular weight excluding hydrogens is 316 g/mol. The van der Waals surface area contributed by atoms with E-state index >= 15 is 0 Å². The van der Waals surface area contributed by atoms with Crippen LogP contribution in [0.2, 0.25) is 0 Å². The molecule has 0 atom stereocenters. The van der Waals surface area contributed by atoms with Crippen molar-refractivity contribution in [3.8, 4) is 0 Å². The Bertz CT molecular complexity index is 441. The number of rotatable bonds is 0. The van der Waals surface area contributed by atoms with E-state index in [0.717, 1.165) is 0 Å². The van der Waals surface area contributed by atoms with E-state index in [0.29, 0.717) is 0 Å². The lowest BCUT2D eigenvalue weighted by atomic mass is 9.79. The van der Waals surface area contributed by atoms with Gasteiger partial charge in [0.15, 0.2) is 0 Å². The van der Waals surface area contributed by atoms with Crippen molar-refractivity contribution in [3.05, 3.63) is 0 Å². The van der Waals surface area contributed by atoms with Crippen LogP contribution in [-0.4, -0.2) is 56.3 Å². The summed E-state index contributed by atoms with van der Waals surface area (Å²) in [5, 5.41) is 0. The Kier molecular flexibility index (Phi) is 5.03. The lowest BCUT2D eigenvalue weighted by Crippen LogP contribution is -2.69. The fourth-order valence-corrected chi connectivity index (χ4v) is 4.93. The maximum Gasteiger partial charge on any atom is 0.239 e. The molecule has 0 N–H and O–H groups in total. The second-order valence-corrected chi connectivity index (χ2v) is 11.4. The highest BCUT2D eigenvalue weighted by molar-refractivity contribution is 8.78. The molecule has 1 aliphatic heterocycles. The van der Waals surface area contributed by atoms with Crippen LogP contribution >= 0.6 is 21.6 Å². The molecule has 4 nitrogen and oxygen atoms in total. The van der Waals surface area contributed by atoms with Crippen molar-refractivity contribution in [2.24, 2.45) is 0 Å². The second kappa shape index (κ2) is 5.62. The van der Waals surface area contributed by atoms with Crippen LogP contribution in [0.4, 0.5) is 0 Å². The predicted molar refractivity (Wildman–Crippen MR) is 97.0 cm³/mol. The minimum atomic E-state index is -0.583. The van der Waals surface area contributed by atoms with Crippen LogP contribution < -0.4 is 0 Å². The first-order valence-electron chi connectivity index (χ1n) is 7.52. The van der Waals surface area contributed by atoms with E-state index in [2.05, 4.69) is 0 Å². The SMILES string of the molecule is CN1C(=O)C(C)(C)SSC(C)(C)C(=O)N(C)C(C)(C)C1(C)C. The van der Waals surface area contributed by atoms with Crippen LogP contribution in [0, 0.1) is 0 Å². The summed E-state index contributed by atoms with van der Waals surface area (Å²) in [6.45, 7) is 15.8. The number of hydrogen-bond donors (Lipinski definition) is 0. The van der Waals surface area contributed by atoms with Crippen molar-refractivity contribution in [1.29, 1.82) is 0 Å². The van der Waals surface area contributed by atoms with Crippen molar-refractivity contribution in [2.45, 2.75) is 76.0 Å². The van der Waals surface area contributed by atoms with Gasteiger partial charge in [-0.2, -0.15) is 0 Å². The Balaban J connectivity index is 3.49. The largest absolute Gasteiger partial charge is 0.337 e. The van der Waals surface area contributed by atoms with Crippen molar-refractivity contribution in [3.63, 3.8) is 0 Å². The molecule has 0 aromatic rings. The van der Waals surface area contributed by atoms with E-state index in [1.165, 1.54) is 21.6 Å². The topological polar surface area (TPSA) is 40.6 Å². The van der Waals surface area contributed by atoms with Crippen LogP contribution in [0.3, 0.4) is 0 Å². The van der Waals surface area contributed by atoms with Crippen LogP contribution in [0.1, 0.15) is 55.4 Å². The maximum atomic E-state index is 13.0. The minimum absolute atomic E-state index is 0.0848. The number of nitrogens with zero attached hydrogens (tertiary/aromatic N) is 2. The molecule has 128 valence electrons.